The summed E-state index contributed by atoms with van der Waals surface area (Å²) in [5.74, 6) is 0.717. The van der Waals surface area contributed by atoms with Gasteiger partial charge in [0.05, 0.1) is 4.75 Å². The summed E-state index contributed by atoms with van der Waals surface area (Å²) in [7, 11) is -3.29. The van der Waals surface area contributed by atoms with E-state index in [0.29, 0.717) is 18.1 Å². The Hall–Kier alpha value is -1.06. The summed E-state index contributed by atoms with van der Waals surface area (Å²) in [6, 6.07) is 1.70. The summed E-state index contributed by atoms with van der Waals surface area (Å²) in [4.78, 5) is 12.7. The van der Waals surface area contributed by atoms with Gasteiger partial charge in [0.2, 0.25) is 5.91 Å². The molecule has 7 nitrogen and oxygen atoms in total. The standard InChI is InChI=1S/C17H29N3O4S2/c1-16(2,3)12-9-13(20-24-12)19-15(21)17(4,5)25-14(26(6,22)23)11-7-8-18-10-11/h9,11,14,18H,7-8,10H2,1-6H3,(H,19,20,21). The van der Waals surface area contributed by atoms with Gasteiger partial charge in [-0.2, -0.15) is 0 Å². The monoisotopic (exact) mass is 403 g/mol. The molecule has 1 amide bonds. The highest BCUT2D eigenvalue weighted by Crippen LogP contribution is 2.38. The molecule has 0 radical (unpaired) electrons. The van der Waals surface area contributed by atoms with Crippen LogP contribution in [-0.2, 0) is 20.0 Å². The van der Waals surface area contributed by atoms with Crippen molar-refractivity contribution in [2.24, 2.45) is 5.92 Å². The van der Waals surface area contributed by atoms with Crippen molar-refractivity contribution in [3.8, 4) is 0 Å². The fourth-order valence-electron chi connectivity index (χ4n) is 2.74. The lowest BCUT2D eigenvalue weighted by Gasteiger charge is -2.30. The van der Waals surface area contributed by atoms with E-state index in [4.69, 9.17) is 4.52 Å². The second-order valence-electron chi connectivity index (χ2n) is 8.36. The van der Waals surface area contributed by atoms with Gasteiger partial charge in [-0.25, -0.2) is 8.42 Å². The molecule has 148 valence electrons. The zero-order valence-corrected chi connectivity index (χ0v) is 17.9. The highest BCUT2D eigenvalue weighted by atomic mass is 32.3. The normalized spacial score (nSPS) is 20.2. The van der Waals surface area contributed by atoms with Crippen LogP contribution in [0.5, 0.6) is 0 Å². The first kappa shape index (κ1) is 21.2. The Morgan fingerprint density at radius 1 is 1.38 bits per heavy atom. The number of hydrogen-bond donors (Lipinski definition) is 2. The Morgan fingerprint density at radius 3 is 2.50 bits per heavy atom. The third kappa shape index (κ3) is 5.23. The average Bonchev–Trinajstić information content (AvgIpc) is 3.14. The molecular formula is C17H29N3O4S2. The van der Waals surface area contributed by atoms with Crippen molar-refractivity contribution in [2.45, 2.75) is 55.8 Å². The van der Waals surface area contributed by atoms with Crippen molar-refractivity contribution < 1.29 is 17.7 Å². The van der Waals surface area contributed by atoms with Crippen molar-refractivity contribution in [1.82, 2.24) is 10.5 Å². The quantitative estimate of drug-likeness (QED) is 0.752. The van der Waals surface area contributed by atoms with E-state index in [0.717, 1.165) is 13.0 Å². The SMILES string of the molecule is CC(C)(SC(C1CCNC1)S(C)(=O)=O)C(=O)Nc1cc(C(C)(C)C)on1. The number of rotatable bonds is 6. The first-order valence-corrected chi connectivity index (χ1v) is 11.5. The number of anilines is 1. The molecular weight excluding hydrogens is 374 g/mol. The summed E-state index contributed by atoms with van der Waals surface area (Å²) in [5.41, 5.74) is -0.211. The van der Waals surface area contributed by atoms with Gasteiger partial charge >= 0.3 is 0 Å². The molecule has 1 aliphatic rings. The number of amides is 1. The smallest absolute Gasteiger partial charge is 0.241 e. The zero-order valence-electron chi connectivity index (χ0n) is 16.3. The van der Waals surface area contributed by atoms with Crippen LogP contribution in [0.1, 0.15) is 46.8 Å². The van der Waals surface area contributed by atoms with Crippen LogP contribution in [-0.4, -0.2) is 48.2 Å². The fraction of sp³-hybridized carbons (Fsp3) is 0.765. The molecule has 1 aromatic heterocycles. The molecule has 1 aromatic rings. The molecule has 0 aromatic carbocycles. The van der Waals surface area contributed by atoms with E-state index in [2.05, 4.69) is 15.8 Å². The molecule has 2 unspecified atom stereocenters. The number of nitrogens with zero attached hydrogens (tertiary/aromatic N) is 1. The van der Waals surface area contributed by atoms with Crippen molar-refractivity contribution in [3.05, 3.63) is 11.8 Å². The van der Waals surface area contributed by atoms with E-state index in [1.165, 1.54) is 18.0 Å². The van der Waals surface area contributed by atoms with Crippen LogP contribution in [0.4, 0.5) is 5.82 Å². The van der Waals surface area contributed by atoms with Crippen LogP contribution in [0.25, 0.3) is 0 Å². The number of carbonyl (C=O) groups excluding carboxylic acids is 1. The molecule has 0 aliphatic carbocycles. The Labute approximate surface area is 160 Å². The zero-order chi connectivity index (χ0) is 19.8. The van der Waals surface area contributed by atoms with E-state index in [9.17, 15) is 13.2 Å². The van der Waals surface area contributed by atoms with Crippen molar-refractivity contribution in [1.29, 1.82) is 0 Å². The predicted octanol–water partition coefficient (Wildman–Crippen LogP) is 2.40. The van der Waals surface area contributed by atoms with Crippen LogP contribution in [0.3, 0.4) is 0 Å². The maximum atomic E-state index is 12.7. The Morgan fingerprint density at radius 2 is 2.04 bits per heavy atom. The molecule has 9 heteroatoms. The van der Waals surface area contributed by atoms with E-state index in [-0.39, 0.29) is 17.2 Å². The summed E-state index contributed by atoms with van der Waals surface area (Å²) in [5, 5.41) is 9.84. The topological polar surface area (TPSA) is 101 Å². The van der Waals surface area contributed by atoms with Crippen molar-refractivity contribution in [3.63, 3.8) is 0 Å². The number of hydrogen-bond acceptors (Lipinski definition) is 7. The van der Waals surface area contributed by atoms with Gasteiger partial charge in [0.25, 0.3) is 0 Å². The van der Waals surface area contributed by atoms with Crippen LogP contribution < -0.4 is 10.6 Å². The molecule has 2 heterocycles. The average molecular weight is 404 g/mol. The molecule has 2 rings (SSSR count). The number of aromatic nitrogens is 1. The Kier molecular flexibility index (Phi) is 6.14. The Balaban J connectivity index is 2.12. The van der Waals surface area contributed by atoms with Crippen LogP contribution in [0, 0.1) is 5.92 Å². The summed E-state index contributed by atoms with van der Waals surface area (Å²) >= 11 is 1.19. The largest absolute Gasteiger partial charge is 0.359 e. The fourth-order valence-corrected chi connectivity index (χ4v) is 6.26. The van der Waals surface area contributed by atoms with Crippen LogP contribution >= 0.6 is 11.8 Å². The number of nitrogens with one attached hydrogen (secondary N) is 2. The van der Waals surface area contributed by atoms with Gasteiger partial charge in [-0.15, -0.1) is 11.8 Å². The third-order valence-corrected chi connectivity index (χ3v) is 8.31. The van der Waals surface area contributed by atoms with E-state index >= 15 is 0 Å². The highest BCUT2D eigenvalue weighted by molar-refractivity contribution is 8.14. The molecule has 1 saturated heterocycles. The van der Waals surface area contributed by atoms with Gasteiger partial charge in [-0.1, -0.05) is 25.9 Å². The van der Waals surface area contributed by atoms with Gasteiger partial charge < -0.3 is 15.2 Å². The molecule has 0 bridgehead atoms. The van der Waals surface area contributed by atoms with Crippen LogP contribution in [0.2, 0.25) is 0 Å². The lowest BCUT2D eigenvalue weighted by atomic mass is 9.93. The summed E-state index contributed by atoms with van der Waals surface area (Å²) < 4.78 is 28.3. The molecule has 2 N–H and O–H groups in total. The van der Waals surface area contributed by atoms with Crippen molar-refractivity contribution >= 4 is 33.3 Å². The second kappa shape index (κ2) is 7.52. The minimum atomic E-state index is -3.29. The van der Waals surface area contributed by atoms with Gasteiger partial charge in [0.1, 0.15) is 10.3 Å². The molecule has 0 spiro atoms. The molecule has 26 heavy (non-hydrogen) atoms. The van der Waals surface area contributed by atoms with Gasteiger partial charge in [-0.05, 0) is 32.7 Å². The lowest BCUT2D eigenvalue weighted by molar-refractivity contribution is -0.117. The maximum absolute atomic E-state index is 12.7. The van der Waals surface area contributed by atoms with Gasteiger partial charge in [0, 0.05) is 24.3 Å². The second-order valence-corrected chi connectivity index (χ2v) is 12.6. The van der Waals surface area contributed by atoms with E-state index < -0.39 is 19.2 Å². The predicted molar refractivity (Wildman–Crippen MR) is 105 cm³/mol. The Bertz CT molecular complexity index is 744. The lowest BCUT2D eigenvalue weighted by Crippen LogP contribution is -2.40. The molecule has 0 saturated carbocycles. The van der Waals surface area contributed by atoms with Crippen molar-refractivity contribution in [2.75, 3.05) is 24.7 Å². The first-order valence-electron chi connectivity index (χ1n) is 8.67. The summed E-state index contributed by atoms with van der Waals surface area (Å²) in [6.45, 7) is 10.9. The molecule has 1 aliphatic heterocycles. The molecule has 1 fully saturated rings. The van der Waals surface area contributed by atoms with Crippen LogP contribution in [0.15, 0.2) is 10.6 Å². The minimum absolute atomic E-state index is 0.00150. The number of sulfone groups is 1. The van der Waals surface area contributed by atoms with Gasteiger partial charge in [0.15, 0.2) is 15.7 Å². The number of carbonyl (C=O) groups is 1. The van der Waals surface area contributed by atoms with E-state index in [1.54, 1.807) is 19.9 Å². The van der Waals surface area contributed by atoms with Gasteiger partial charge in [-0.3, -0.25) is 4.79 Å². The summed E-state index contributed by atoms with van der Waals surface area (Å²) in [6.07, 6.45) is 2.03. The third-order valence-electron chi connectivity index (χ3n) is 4.35. The first-order chi connectivity index (χ1) is 11.8. The number of thioether (sulfide) groups is 1. The maximum Gasteiger partial charge on any atom is 0.241 e. The highest BCUT2D eigenvalue weighted by Gasteiger charge is 2.41. The molecule has 2 atom stereocenters. The van der Waals surface area contributed by atoms with E-state index in [1.807, 2.05) is 20.8 Å². The minimum Gasteiger partial charge on any atom is -0.359 e.